The standard InChI is InChI=1S/C24H25FN4O4/c1-3-23(27-11-10-26-15-27)33-20-7-4-17-13-18(25)5-9-22(17)28(14-20)24(30)21-8-6-19(29(31)32)12-16(21)2/h5-6,8-13,15,20,23H,3-4,7,14H2,1-2H3. The van der Waals surface area contributed by atoms with E-state index in [-0.39, 0.29) is 36.3 Å². The molecular formula is C24H25FN4O4. The monoisotopic (exact) mass is 452 g/mol. The molecule has 0 radical (unpaired) electrons. The van der Waals surface area contributed by atoms with E-state index < -0.39 is 4.92 Å². The van der Waals surface area contributed by atoms with E-state index in [1.807, 2.05) is 17.7 Å². The van der Waals surface area contributed by atoms with E-state index in [9.17, 15) is 19.3 Å². The molecular weight excluding hydrogens is 427 g/mol. The number of halogens is 1. The molecule has 0 bridgehead atoms. The van der Waals surface area contributed by atoms with Crippen molar-refractivity contribution in [1.82, 2.24) is 9.55 Å². The number of ether oxygens (including phenoxy) is 1. The molecule has 2 heterocycles. The molecule has 0 saturated heterocycles. The van der Waals surface area contributed by atoms with E-state index in [1.54, 1.807) is 30.4 Å². The number of hydrogen-bond acceptors (Lipinski definition) is 5. The summed E-state index contributed by atoms with van der Waals surface area (Å²) < 4.78 is 22.3. The summed E-state index contributed by atoms with van der Waals surface area (Å²) in [5, 5.41) is 11.1. The largest absolute Gasteiger partial charge is 0.353 e. The van der Waals surface area contributed by atoms with E-state index in [0.717, 1.165) is 5.56 Å². The summed E-state index contributed by atoms with van der Waals surface area (Å²) in [7, 11) is 0. The number of nitro benzene ring substituents is 1. The molecule has 2 unspecified atom stereocenters. The Morgan fingerprint density at radius 1 is 1.33 bits per heavy atom. The first-order valence-corrected chi connectivity index (χ1v) is 10.9. The van der Waals surface area contributed by atoms with Crippen LogP contribution in [0.3, 0.4) is 0 Å². The Labute approximate surface area is 190 Å². The molecule has 0 N–H and O–H groups in total. The van der Waals surface area contributed by atoms with E-state index in [1.165, 1.54) is 30.3 Å². The minimum atomic E-state index is -0.490. The van der Waals surface area contributed by atoms with Gasteiger partial charge in [0, 0.05) is 35.8 Å². The van der Waals surface area contributed by atoms with Gasteiger partial charge >= 0.3 is 0 Å². The van der Waals surface area contributed by atoms with Gasteiger partial charge in [0.1, 0.15) is 12.0 Å². The highest BCUT2D eigenvalue weighted by molar-refractivity contribution is 6.07. The van der Waals surface area contributed by atoms with Gasteiger partial charge in [-0.15, -0.1) is 0 Å². The number of fused-ring (bicyclic) bond motifs is 1. The number of nitrogens with zero attached hydrogens (tertiary/aromatic N) is 4. The lowest BCUT2D eigenvalue weighted by atomic mass is 10.0. The van der Waals surface area contributed by atoms with Crippen molar-refractivity contribution in [2.75, 3.05) is 11.4 Å². The van der Waals surface area contributed by atoms with Gasteiger partial charge in [-0.3, -0.25) is 14.9 Å². The lowest BCUT2D eigenvalue weighted by molar-refractivity contribution is -0.384. The van der Waals surface area contributed by atoms with Gasteiger partial charge in [-0.25, -0.2) is 9.37 Å². The highest BCUT2D eigenvalue weighted by Gasteiger charge is 2.30. The number of nitro groups is 1. The summed E-state index contributed by atoms with van der Waals surface area (Å²) in [6, 6.07) is 8.58. The van der Waals surface area contributed by atoms with Gasteiger partial charge in [-0.1, -0.05) is 6.92 Å². The second-order valence-electron chi connectivity index (χ2n) is 8.11. The lowest BCUT2D eigenvalue weighted by Crippen LogP contribution is -2.39. The van der Waals surface area contributed by atoms with Gasteiger partial charge in [0.2, 0.25) is 0 Å². The molecule has 3 aromatic rings. The van der Waals surface area contributed by atoms with Gasteiger partial charge in [-0.2, -0.15) is 0 Å². The van der Waals surface area contributed by atoms with Gasteiger partial charge in [0.15, 0.2) is 0 Å². The fraction of sp³-hybridized carbons (Fsp3) is 0.333. The third kappa shape index (κ3) is 4.78. The van der Waals surface area contributed by atoms with E-state index in [4.69, 9.17) is 4.74 Å². The maximum absolute atomic E-state index is 14.0. The second-order valence-corrected chi connectivity index (χ2v) is 8.11. The molecule has 1 aliphatic rings. The lowest BCUT2D eigenvalue weighted by Gasteiger charge is -2.29. The molecule has 0 fully saturated rings. The third-order valence-corrected chi connectivity index (χ3v) is 5.91. The van der Waals surface area contributed by atoms with Gasteiger partial charge in [-0.05, 0) is 61.6 Å². The minimum absolute atomic E-state index is 0.0743. The van der Waals surface area contributed by atoms with Crippen LogP contribution in [0.4, 0.5) is 15.8 Å². The smallest absolute Gasteiger partial charge is 0.269 e. The average molecular weight is 452 g/mol. The normalized spacial score (nSPS) is 16.7. The van der Waals surface area contributed by atoms with E-state index in [2.05, 4.69) is 4.98 Å². The third-order valence-electron chi connectivity index (χ3n) is 5.91. The Kier molecular flexibility index (Phi) is 6.50. The summed E-state index contributed by atoms with van der Waals surface area (Å²) in [6.07, 6.45) is 6.56. The number of benzene rings is 2. The summed E-state index contributed by atoms with van der Waals surface area (Å²) in [5.74, 6) is -0.668. The number of amides is 1. The Bertz CT molecular complexity index is 1170. The van der Waals surface area contributed by atoms with Crippen LogP contribution < -0.4 is 4.90 Å². The molecule has 172 valence electrons. The van der Waals surface area contributed by atoms with Crippen molar-refractivity contribution in [3.05, 3.63) is 87.7 Å². The molecule has 0 saturated carbocycles. The summed E-state index contributed by atoms with van der Waals surface area (Å²) in [4.78, 5) is 29.9. The Hall–Kier alpha value is -3.59. The highest BCUT2D eigenvalue weighted by Crippen LogP contribution is 2.32. The van der Waals surface area contributed by atoms with Gasteiger partial charge < -0.3 is 14.2 Å². The van der Waals surface area contributed by atoms with Crippen molar-refractivity contribution in [2.45, 2.75) is 45.4 Å². The van der Waals surface area contributed by atoms with Gasteiger partial charge in [0.05, 0.1) is 23.9 Å². The van der Waals surface area contributed by atoms with Crippen molar-refractivity contribution in [2.24, 2.45) is 0 Å². The fourth-order valence-corrected chi connectivity index (χ4v) is 4.22. The first kappa shape index (κ1) is 22.6. The Morgan fingerprint density at radius 3 is 2.82 bits per heavy atom. The first-order chi connectivity index (χ1) is 15.9. The zero-order chi connectivity index (χ0) is 23.5. The topological polar surface area (TPSA) is 90.5 Å². The van der Waals surface area contributed by atoms with Crippen molar-refractivity contribution < 1.29 is 18.8 Å². The summed E-state index contributed by atoms with van der Waals surface area (Å²) in [5.41, 5.74) is 2.14. The van der Waals surface area contributed by atoms with Crippen LogP contribution in [0.25, 0.3) is 0 Å². The number of carbonyl (C=O) groups is 1. The number of non-ortho nitro benzene ring substituents is 1. The molecule has 2 aromatic carbocycles. The number of carbonyl (C=O) groups excluding carboxylic acids is 1. The maximum atomic E-state index is 14.0. The van der Waals surface area contributed by atoms with E-state index >= 15 is 0 Å². The Balaban J connectivity index is 1.67. The number of aryl methyl sites for hydroxylation is 2. The van der Waals surface area contributed by atoms with Crippen molar-refractivity contribution in [3.8, 4) is 0 Å². The van der Waals surface area contributed by atoms with Gasteiger partial charge in [0.25, 0.3) is 11.6 Å². The maximum Gasteiger partial charge on any atom is 0.269 e. The molecule has 0 spiro atoms. The average Bonchev–Trinajstić information content (AvgIpc) is 3.27. The van der Waals surface area contributed by atoms with Crippen molar-refractivity contribution in [3.63, 3.8) is 0 Å². The van der Waals surface area contributed by atoms with Crippen LogP contribution in [0.2, 0.25) is 0 Å². The highest BCUT2D eigenvalue weighted by atomic mass is 19.1. The number of imidazole rings is 1. The van der Waals surface area contributed by atoms with Crippen LogP contribution >= 0.6 is 0 Å². The molecule has 2 atom stereocenters. The molecule has 8 nitrogen and oxygen atoms in total. The van der Waals surface area contributed by atoms with Crippen LogP contribution in [-0.2, 0) is 11.2 Å². The quantitative estimate of drug-likeness (QED) is 0.395. The predicted molar refractivity (Wildman–Crippen MR) is 121 cm³/mol. The van der Waals surface area contributed by atoms with E-state index in [0.29, 0.717) is 36.1 Å². The molecule has 4 rings (SSSR count). The number of aromatic nitrogens is 2. The predicted octanol–water partition coefficient (Wildman–Crippen LogP) is 4.83. The molecule has 1 amide bonds. The van der Waals surface area contributed by atoms with Crippen LogP contribution in [0, 0.1) is 22.9 Å². The summed E-state index contributed by atoms with van der Waals surface area (Å²) >= 11 is 0. The number of hydrogen-bond donors (Lipinski definition) is 0. The zero-order valence-corrected chi connectivity index (χ0v) is 18.5. The van der Waals surface area contributed by atoms with Crippen molar-refractivity contribution >= 4 is 17.3 Å². The first-order valence-electron chi connectivity index (χ1n) is 10.9. The zero-order valence-electron chi connectivity index (χ0n) is 18.5. The Morgan fingerprint density at radius 2 is 2.15 bits per heavy atom. The molecule has 1 aromatic heterocycles. The number of rotatable bonds is 6. The van der Waals surface area contributed by atoms with Crippen LogP contribution in [-0.4, -0.2) is 33.0 Å². The van der Waals surface area contributed by atoms with Crippen LogP contribution in [0.15, 0.2) is 55.1 Å². The molecule has 9 heteroatoms. The summed E-state index contributed by atoms with van der Waals surface area (Å²) in [6.45, 7) is 3.96. The van der Waals surface area contributed by atoms with Crippen molar-refractivity contribution in [1.29, 1.82) is 0 Å². The molecule has 33 heavy (non-hydrogen) atoms. The SMILES string of the molecule is CCC(OC1CCc2cc(F)ccc2N(C(=O)c2ccc([N+](=O)[O-])cc2C)C1)n1ccnc1. The fourth-order valence-electron chi connectivity index (χ4n) is 4.22. The minimum Gasteiger partial charge on any atom is -0.353 e. The van der Waals surface area contributed by atoms with Crippen LogP contribution in [0.5, 0.6) is 0 Å². The number of anilines is 1. The molecule has 0 aliphatic carbocycles. The molecule has 1 aliphatic heterocycles. The van der Waals surface area contributed by atoms with Crippen LogP contribution in [0.1, 0.15) is 47.5 Å². The second kappa shape index (κ2) is 9.50.